The van der Waals surface area contributed by atoms with E-state index >= 15 is 0 Å². The van der Waals surface area contributed by atoms with Crippen molar-refractivity contribution in [3.63, 3.8) is 0 Å². The second kappa shape index (κ2) is 46.5. The van der Waals surface area contributed by atoms with E-state index in [1.165, 1.54) is 83.0 Å². The molecule has 0 fully saturated rings. The van der Waals surface area contributed by atoms with Crippen LogP contribution in [0.15, 0.2) is 12.2 Å². The van der Waals surface area contributed by atoms with Crippen molar-refractivity contribution in [2.24, 2.45) is 0 Å². The van der Waals surface area contributed by atoms with E-state index in [2.05, 4.69) is 28.4 Å². The minimum Gasteiger partial charge on any atom is -0.481 e. The molecular formula is C44H74O25. The molecule has 0 aliphatic rings. The Balaban J connectivity index is -0.000000178. The molecule has 0 radical (unpaired) electrons. The predicted octanol–water partition coefficient (Wildman–Crippen LogP) is 3.14. The molecule has 0 saturated carbocycles. The van der Waals surface area contributed by atoms with Crippen LogP contribution in [0.25, 0.3) is 0 Å². The Morgan fingerprint density at radius 2 is 0.609 bits per heavy atom. The number of hydrogen-bond acceptors (Lipinski definition) is 23. The highest BCUT2D eigenvalue weighted by molar-refractivity contribution is 5.81. The second-order valence-electron chi connectivity index (χ2n) is 14.1. The summed E-state index contributed by atoms with van der Waals surface area (Å²) in [5.41, 5.74) is 0. The molecule has 0 aromatic rings. The van der Waals surface area contributed by atoms with Crippen LogP contribution in [0.5, 0.6) is 0 Å². The lowest BCUT2D eigenvalue weighted by Gasteiger charge is -2.14. The van der Waals surface area contributed by atoms with Crippen LogP contribution < -0.4 is 0 Å². The summed E-state index contributed by atoms with van der Waals surface area (Å²) in [5.74, 6) is -6.34. The lowest BCUT2D eigenvalue weighted by molar-refractivity contribution is -0.160. The first-order valence-electron chi connectivity index (χ1n) is 20.8. The van der Waals surface area contributed by atoms with E-state index in [0.29, 0.717) is 0 Å². The molecule has 0 aromatic heterocycles. The van der Waals surface area contributed by atoms with Gasteiger partial charge in [-0.1, -0.05) is 6.08 Å². The quantitative estimate of drug-likeness (QED) is 0.0844. The van der Waals surface area contributed by atoms with E-state index in [4.69, 9.17) is 34.3 Å². The highest BCUT2D eigenvalue weighted by Gasteiger charge is 2.19. The summed E-state index contributed by atoms with van der Waals surface area (Å²) in [4.78, 5) is 126. The van der Waals surface area contributed by atoms with Crippen LogP contribution in [-0.4, -0.2) is 158 Å². The number of hydrogen-bond donors (Lipinski definition) is 3. The van der Waals surface area contributed by atoms with E-state index in [0.717, 1.165) is 0 Å². The van der Waals surface area contributed by atoms with E-state index in [9.17, 15) is 57.5 Å². The Kier molecular flexibility index (Phi) is 49.7. The summed E-state index contributed by atoms with van der Waals surface area (Å²) in [6.45, 7) is 17.8. The third-order valence-corrected chi connectivity index (χ3v) is 6.52. The summed E-state index contributed by atoms with van der Waals surface area (Å²) in [7, 11) is 5.17. The Labute approximate surface area is 402 Å². The number of aliphatic hydroxyl groups is 1. The van der Waals surface area contributed by atoms with Gasteiger partial charge >= 0.3 is 71.6 Å². The molecule has 25 nitrogen and oxygen atoms in total. The molecule has 0 rings (SSSR count). The number of ether oxygens (including phenoxy) is 10. The maximum Gasteiger partial charge on any atom is 0.330 e. The number of esters is 10. The molecule has 0 saturated heterocycles. The van der Waals surface area contributed by atoms with Gasteiger partial charge in [-0.3, -0.25) is 52.7 Å². The van der Waals surface area contributed by atoms with Gasteiger partial charge in [0, 0.05) is 33.8 Å². The zero-order valence-corrected chi connectivity index (χ0v) is 42.5. The largest absolute Gasteiger partial charge is 0.481 e. The fourth-order valence-electron chi connectivity index (χ4n) is 4.05. The van der Waals surface area contributed by atoms with Gasteiger partial charge in [0.1, 0.15) is 36.6 Å². The van der Waals surface area contributed by atoms with Crippen molar-refractivity contribution in [1.29, 1.82) is 0 Å². The molecule has 7 unspecified atom stereocenters. The van der Waals surface area contributed by atoms with Crippen molar-refractivity contribution in [1.82, 2.24) is 0 Å². The molecule has 400 valence electrons. The van der Waals surface area contributed by atoms with Crippen molar-refractivity contribution >= 4 is 71.6 Å². The molecule has 0 bridgehead atoms. The van der Waals surface area contributed by atoms with Crippen LogP contribution in [0.3, 0.4) is 0 Å². The van der Waals surface area contributed by atoms with Crippen LogP contribution >= 0.6 is 0 Å². The standard InChI is InChI=1S/2C11H18O6.2C6H10O4.C5H10O3.C5H8O2/c2*1-7(16-9(3)12)6-11(14)17-8(2)5-10(13)15-4;2*1-4(3-6(8)9)10-5(2)7;1-4(6)3-5(7)8-2;1-3-4-5(6)7-2/h2*7-8H,5-6H2,1-4H3;2*4H,3H2,1-2H3,(H,8,9);4,6H,3H2,1-2H3;3-4H,1-2H3. The Hall–Kier alpha value is -6.66. The van der Waals surface area contributed by atoms with Gasteiger partial charge in [-0.15, -0.1) is 0 Å². The topological polar surface area (TPSA) is 358 Å². The van der Waals surface area contributed by atoms with Gasteiger partial charge in [-0.05, 0) is 55.4 Å². The highest BCUT2D eigenvalue weighted by atomic mass is 16.6. The molecule has 0 aliphatic carbocycles. The Morgan fingerprint density at radius 1 is 0.377 bits per heavy atom. The molecule has 7 atom stereocenters. The Morgan fingerprint density at radius 3 is 0.783 bits per heavy atom. The summed E-state index contributed by atoms with van der Waals surface area (Å²) in [6.07, 6.45) is -1.12. The number of aliphatic hydroxyl groups excluding tert-OH is 1. The van der Waals surface area contributed by atoms with Gasteiger partial charge in [-0.25, -0.2) is 4.79 Å². The van der Waals surface area contributed by atoms with Crippen LogP contribution in [0.2, 0.25) is 0 Å². The fourth-order valence-corrected chi connectivity index (χ4v) is 4.05. The lowest BCUT2D eigenvalue weighted by Crippen LogP contribution is -2.23. The van der Waals surface area contributed by atoms with Crippen molar-refractivity contribution in [2.75, 3.05) is 28.4 Å². The average molecular weight is 1000 g/mol. The van der Waals surface area contributed by atoms with E-state index < -0.39 is 102 Å². The number of methoxy groups -OCH3 is 4. The highest BCUT2D eigenvalue weighted by Crippen LogP contribution is 2.07. The molecule has 0 aromatic carbocycles. The van der Waals surface area contributed by atoms with E-state index in [-0.39, 0.29) is 56.9 Å². The normalized spacial score (nSPS) is 12.6. The number of carbonyl (C=O) groups excluding carboxylic acids is 10. The second-order valence-corrected chi connectivity index (χ2v) is 14.1. The summed E-state index contributed by atoms with van der Waals surface area (Å²) in [5, 5.41) is 25.0. The van der Waals surface area contributed by atoms with Gasteiger partial charge < -0.3 is 62.7 Å². The van der Waals surface area contributed by atoms with Gasteiger partial charge in [0.05, 0.1) is 79.5 Å². The number of carboxylic acid groups (broad SMARTS) is 2. The third kappa shape index (κ3) is 68.0. The van der Waals surface area contributed by atoms with E-state index in [1.807, 2.05) is 0 Å². The summed E-state index contributed by atoms with van der Waals surface area (Å²) >= 11 is 0. The molecular weight excluding hydrogens is 928 g/mol. The van der Waals surface area contributed by atoms with Crippen molar-refractivity contribution in [3.05, 3.63) is 12.2 Å². The number of carbonyl (C=O) groups is 12. The van der Waals surface area contributed by atoms with Gasteiger partial charge in [-0.2, -0.15) is 0 Å². The lowest BCUT2D eigenvalue weighted by atomic mass is 10.2. The van der Waals surface area contributed by atoms with Crippen LogP contribution in [0.1, 0.15) is 128 Å². The van der Waals surface area contributed by atoms with Crippen LogP contribution in [-0.2, 0) is 105 Å². The molecule has 0 spiro atoms. The molecule has 0 heterocycles. The van der Waals surface area contributed by atoms with Crippen LogP contribution in [0, 0.1) is 0 Å². The van der Waals surface area contributed by atoms with E-state index in [1.54, 1.807) is 40.7 Å². The monoisotopic (exact) mass is 1000 g/mol. The molecule has 0 amide bonds. The minimum atomic E-state index is -0.964. The average Bonchev–Trinajstić information content (AvgIpc) is 3.16. The molecule has 69 heavy (non-hydrogen) atoms. The van der Waals surface area contributed by atoms with Gasteiger partial charge in [0.15, 0.2) is 0 Å². The Bertz CT molecular complexity index is 1460. The van der Waals surface area contributed by atoms with Crippen molar-refractivity contribution in [2.45, 2.75) is 171 Å². The number of rotatable bonds is 21. The first kappa shape index (κ1) is 73.9. The number of allylic oxidation sites excluding steroid dienone is 1. The smallest absolute Gasteiger partial charge is 0.330 e. The maximum absolute atomic E-state index is 11.3. The van der Waals surface area contributed by atoms with Crippen LogP contribution in [0.4, 0.5) is 0 Å². The summed E-state index contributed by atoms with van der Waals surface area (Å²) < 4.78 is 45.9. The number of aliphatic carboxylic acids is 2. The first-order valence-corrected chi connectivity index (χ1v) is 20.8. The van der Waals surface area contributed by atoms with Crippen molar-refractivity contribution < 1.29 is 120 Å². The predicted molar refractivity (Wildman–Crippen MR) is 238 cm³/mol. The van der Waals surface area contributed by atoms with Crippen molar-refractivity contribution in [3.8, 4) is 0 Å². The fraction of sp³-hybridized carbons (Fsp3) is 0.682. The van der Waals surface area contributed by atoms with Gasteiger partial charge in [0.2, 0.25) is 0 Å². The van der Waals surface area contributed by atoms with Gasteiger partial charge in [0.25, 0.3) is 0 Å². The number of carboxylic acids is 2. The summed E-state index contributed by atoms with van der Waals surface area (Å²) in [6, 6.07) is 0. The minimum absolute atomic E-state index is 0.00415. The third-order valence-electron chi connectivity index (χ3n) is 6.52. The maximum atomic E-state index is 11.3. The molecule has 3 N–H and O–H groups in total. The molecule has 25 heteroatoms. The SMILES string of the molecule is CC(=O)OC(C)CC(=O)O.CC(=O)OC(C)CC(=O)O.CC=CC(=O)OC.COC(=O)CC(C)O.COC(=O)CC(C)OC(=O)CC(C)OC(C)=O.COC(=O)CC(C)OC(=O)CC(C)OC(C)=O. The zero-order valence-electron chi connectivity index (χ0n) is 42.5. The molecule has 0 aliphatic heterocycles. The first-order chi connectivity index (χ1) is 31.7. The zero-order chi connectivity index (χ0) is 55.4.